The molecule has 4 aliphatic carbocycles. The molecule has 6 aliphatic heterocycles. The number of benzene rings is 4. The number of ether oxygens (including phenoxy) is 3. The number of halogens is 3. The zero-order chi connectivity index (χ0) is 81.4. The van der Waals surface area contributed by atoms with E-state index in [4.69, 9.17) is 14.2 Å². The highest BCUT2D eigenvalue weighted by molar-refractivity contribution is 7.92. The number of sulfonamides is 2. The van der Waals surface area contributed by atoms with Crippen LogP contribution in [0, 0.1) is 23.5 Å². The molecule has 33 heteroatoms. The average Bonchev–Trinajstić information content (AvgIpc) is 1.57. The first-order valence-electron chi connectivity index (χ1n) is 39.0. The fourth-order valence-corrected chi connectivity index (χ4v) is 17.8. The number of carbonyl (C=O) groups is 9. The first-order valence-corrected chi connectivity index (χ1v) is 42.0. The second-order valence-electron chi connectivity index (χ2n) is 32.3. The van der Waals surface area contributed by atoms with E-state index in [0.717, 1.165) is 62.7 Å². The van der Waals surface area contributed by atoms with Gasteiger partial charge in [0.2, 0.25) is 43.7 Å². The summed E-state index contributed by atoms with van der Waals surface area (Å²) in [5.41, 5.74) is 4.78. The van der Waals surface area contributed by atoms with Gasteiger partial charge < -0.3 is 56.3 Å². The van der Waals surface area contributed by atoms with E-state index in [0.29, 0.717) is 60.8 Å². The maximum atomic E-state index is 14.4. The third-order valence-electron chi connectivity index (χ3n) is 22.7. The van der Waals surface area contributed by atoms with Gasteiger partial charge in [0.15, 0.2) is 0 Å². The van der Waals surface area contributed by atoms with E-state index in [1.807, 2.05) is 106 Å². The number of rotatable bonds is 12. The molecule has 0 aromatic heterocycles. The van der Waals surface area contributed by atoms with Crippen molar-refractivity contribution in [1.82, 2.24) is 45.0 Å². The molecule has 0 bridgehead atoms. The minimum atomic E-state index is -3.98. The zero-order valence-corrected chi connectivity index (χ0v) is 68.0. The summed E-state index contributed by atoms with van der Waals surface area (Å²) in [6.07, 6.45) is 13.6. The molecule has 9 amide bonds. The van der Waals surface area contributed by atoms with Gasteiger partial charge in [-0.05, 0) is 166 Å². The molecule has 6 heterocycles. The molecule has 10 aliphatic rings. The number of carbonyl (C=O) groups excluding carboxylic acids is 9. The first kappa shape index (κ1) is 87.0. The quantitative estimate of drug-likeness (QED) is 0.0483. The van der Waals surface area contributed by atoms with Crippen LogP contribution in [-0.4, -0.2) is 180 Å². The van der Waals surface area contributed by atoms with Crippen LogP contribution in [0.15, 0.2) is 121 Å². The van der Waals surface area contributed by atoms with E-state index >= 15 is 0 Å². The second kappa shape index (κ2) is 36.2. The summed E-state index contributed by atoms with van der Waals surface area (Å²) in [4.78, 5) is 128. The molecular formula is C81H107ClF2N12O16S2. The molecule has 0 unspecified atom stereocenters. The van der Waals surface area contributed by atoms with E-state index in [-0.39, 0.29) is 101 Å². The fraction of sp³-hybridized carbons (Fsp3) is 0.543. The van der Waals surface area contributed by atoms with Crippen molar-refractivity contribution in [3.05, 3.63) is 155 Å². The molecule has 10 atom stereocenters. The molecular weight excluding hydrogens is 1530 g/mol. The lowest BCUT2D eigenvalue weighted by Crippen LogP contribution is -2.58. The van der Waals surface area contributed by atoms with Crippen molar-refractivity contribution in [1.29, 1.82) is 0 Å². The van der Waals surface area contributed by atoms with Crippen molar-refractivity contribution in [2.45, 2.75) is 239 Å². The summed E-state index contributed by atoms with van der Waals surface area (Å²) in [7, 11) is -4.92. The maximum Gasteiger partial charge on any atom is 0.410 e. The normalized spacial score (nSPS) is 27.1. The minimum absolute atomic E-state index is 0. The van der Waals surface area contributed by atoms with Crippen molar-refractivity contribution in [3.63, 3.8) is 0 Å². The van der Waals surface area contributed by atoms with Gasteiger partial charge in [-0.2, -0.15) is 0 Å². The number of amides is 9. The molecule has 9 N–H and O–H groups in total. The highest BCUT2D eigenvalue weighted by atomic mass is 35.5. The summed E-state index contributed by atoms with van der Waals surface area (Å²) in [5, 5.41) is 14.8. The van der Waals surface area contributed by atoms with Crippen LogP contribution in [0.25, 0.3) is 0 Å². The van der Waals surface area contributed by atoms with E-state index in [9.17, 15) is 68.8 Å². The van der Waals surface area contributed by atoms with Crippen molar-refractivity contribution in [2.24, 2.45) is 17.6 Å². The Hall–Kier alpha value is -9.40. The number of nitrogens with one attached hydrogen (secondary N) is 7. The Morgan fingerprint density at radius 3 is 1.27 bits per heavy atom. The lowest BCUT2D eigenvalue weighted by atomic mass is 10.0. The van der Waals surface area contributed by atoms with Crippen molar-refractivity contribution in [2.75, 3.05) is 37.8 Å². The molecule has 0 radical (unpaired) electrons. The van der Waals surface area contributed by atoms with Gasteiger partial charge in [-0.3, -0.25) is 48.0 Å². The Morgan fingerprint density at radius 1 is 0.544 bits per heavy atom. The van der Waals surface area contributed by atoms with E-state index in [1.54, 1.807) is 38.1 Å². The van der Waals surface area contributed by atoms with Gasteiger partial charge in [-0.25, -0.2) is 40.0 Å². The Morgan fingerprint density at radius 2 is 0.930 bits per heavy atom. The lowest BCUT2D eigenvalue weighted by molar-refractivity contribution is -0.140. The van der Waals surface area contributed by atoms with Crippen LogP contribution in [-0.2, 0) is 89.2 Å². The van der Waals surface area contributed by atoms with Crippen LogP contribution >= 0.6 is 12.4 Å². The number of nitrogens with zero attached hydrogens (tertiary/aromatic N) is 4. The van der Waals surface area contributed by atoms with Crippen LogP contribution in [0.4, 0.5) is 34.5 Å². The standard InChI is InChI=1S/2C37H44FN5O7S.C6H13NO2.CH5N.ClH/c2*1-36(17-18-36)51(48,49)41-34(46)37-20-25(37)12-6-3-2-4-9-16-30(39-26-13-7-5-8-14-26)33(45)43-22-27(19-31(43)32(44)40-37)50-35(47)42-21-24-11-10-15-29(38)28(24)23-42;1-6(2,3)9-5(8)7-4;1-2;/h2*5-8,10-15,25,27,30-31,39H,2-4,9,16-23H2,1H3,(H,40,44)(H,41,46);1-4H3,(H,7,8);2H2,1H3;1H/b2*12-6-;;;/t2*25-,27-,30+,31+,37-;;;/m11.../s1. The molecule has 14 rings (SSSR count). The van der Waals surface area contributed by atoms with E-state index in [1.165, 1.54) is 45.8 Å². The molecule has 114 heavy (non-hydrogen) atoms. The number of hydrogen-bond donors (Lipinski definition) is 8. The summed E-state index contributed by atoms with van der Waals surface area (Å²) in [6, 6.07) is 24.4. The maximum absolute atomic E-state index is 14.4. The SMILES string of the molecule is CC1(S(=O)(=O)NC(=O)[C@@]23C[C@H]2/C=C\CCCCC[C@H](Nc2ccccc2)C(=O)N2C[C@H](OC(=O)N4Cc5cccc(F)c5C4)C[C@H]2C(=O)N3)CC1.CC1(S(=O)(=O)NC(=O)[C@@]23C[C@H]2/C=C\CCCCC[C@H](Nc2ccccc2)C(=O)N2C[C@H](OC(=O)N4Cc5cccc(F)c5C4)C[C@H]2C(=O)N3)CC1.CN.CNC(=O)OC(C)(C)C.Cl. The largest absolute Gasteiger partial charge is 0.444 e. The van der Waals surface area contributed by atoms with Crippen LogP contribution in [0.3, 0.4) is 0 Å². The Labute approximate surface area is 671 Å². The lowest BCUT2D eigenvalue weighted by Gasteiger charge is -2.30. The summed E-state index contributed by atoms with van der Waals surface area (Å²) in [5.74, 6) is -5.24. The Bertz CT molecular complexity index is 4250. The Balaban J connectivity index is 0.000000212. The highest BCUT2D eigenvalue weighted by Crippen LogP contribution is 2.50. The molecule has 0 spiro atoms. The van der Waals surface area contributed by atoms with Crippen LogP contribution in [0.1, 0.15) is 172 Å². The topological polar surface area (TPSA) is 373 Å². The molecule has 4 saturated carbocycles. The summed E-state index contributed by atoms with van der Waals surface area (Å²) >= 11 is 0. The first-order chi connectivity index (χ1) is 53.7. The number of nitrogens with two attached hydrogens (primary N) is 1. The number of para-hydroxylation sites is 2. The molecule has 4 aromatic carbocycles. The van der Waals surface area contributed by atoms with E-state index in [2.05, 4.69) is 41.8 Å². The van der Waals surface area contributed by atoms with Gasteiger partial charge in [0.25, 0.3) is 11.8 Å². The third-order valence-corrected chi connectivity index (χ3v) is 27.0. The van der Waals surface area contributed by atoms with Gasteiger partial charge in [-0.1, -0.05) is 111 Å². The monoisotopic (exact) mass is 1640 g/mol. The fourth-order valence-electron chi connectivity index (χ4n) is 15.1. The van der Waals surface area contributed by atoms with Gasteiger partial charge in [0, 0.05) is 67.3 Å². The van der Waals surface area contributed by atoms with Crippen LogP contribution in [0.5, 0.6) is 0 Å². The molecule has 4 aromatic rings. The van der Waals surface area contributed by atoms with E-state index < -0.39 is 136 Å². The molecule has 6 fully saturated rings. The van der Waals surface area contributed by atoms with Gasteiger partial charge in [0.1, 0.15) is 64.7 Å². The molecule has 28 nitrogen and oxygen atoms in total. The predicted octanol–water partition coefficient (Wildman–Crippen LogP) is 9.38. The molecule has 620 valence electrons. The number of fused-ring (bicyclic) bond motifs is 6. The van der Waals surface area contributed by atoms with Crippen LogP contribution < -0.4 is 41.8 Å². The van der Waals surface area contributed by atoms with Gasteiger partial charge in [-0.15, -0.1) is 12.4 Å². The zero-order valence-electron chi connectivity index (χ0n) is 65.5. The van der Waals surface area contributed by atoms with Gasteiger partial charge >= 0.3 is 18.3 Å². The number of allylic oxidation sites excluding steroid dienone is 2. The summed E-state index contributed by atoms with van der Waals surface area (Å²) in [6.45, 7) is 8.91. The second-order valence-corrected chi connectivity index (χ2v) is 36.7. The smallest absolute Gasteiger partial charge is 0.410 e. The minimum Gasteiger partial charge on any atom is -0.444 e. The Kier molecular flexibility index (Phi) is 27.6. The van der Waals surface area contributed by atoms with Crippen molar-refractivity contribution < 1.29 is 83.0 Å². The number of alkyl carbamates (subject to hydrolysis) is 1. The van der Waals surface area contributed by atoms with Gasteiger partial charge in [0.05, 0.1) is 35.7 Å². The third kappa shape index (κ3) is 20.4. The number of hydrogen-bond acceptors (Lipinski definition) is 19. The van der Waals surface area contributed by atoms with Crippen molar-refractivity contribution in [3.8, 4) is 0 Å². The van der Waals surface area contributed by atoms with Crippen LogP contribution in [0.2, 0.25) is 0 Å². The van der Waals surface area contributed by atoms with Crippen molar-refractivity contribution >= 4 is 97.6 Å². The summed E-state index contributed by atoms with van der Waals surface area (Å²) < 4.78 is 100. The average molecular weight is 1640 g/mol. The molecule has 2 saturated heterocycles. The number of anilines is 2. The highest BCUT2D eigenvalue weighted by Gasteiger charge is 2.65. The predicted molar refractivity (Wildman–Crippen MR) is 424 cm³/mol.